The monoisotopic (exact) mass is 403 g/mol. The second-order valence-corrected chi connectivity index (χ2v) is 6.39. The molecule has 1 saturated heterocycles. The van der Waals surface area contributed by atoms with Gasteiger partial charge in [0, 0.05) is 32.2 Å². The molecule has 0 radical (unpaired) electrons. The molecule has 1 aromatic carbocycles. The summed E-state index contributed by atoms with van der Waals surface area (Å²) in [5, 5.41) is 0. The number of alkyl halides is 3. The van der Waals surface area contributed by atoms with Crippen LogP contribution in [-0.2, 0) is 24.6 Å². The van der Waals surface area contributed by atoms with E-state index in [-0.39, 0.29) is 25.1 Å². The Morgan fingerprint density at radius 2 is 1.82 bits per heavy atom. The number of hydrogen-bond donors (Lipinski definition) is 0. The second kappa shape index (κ2) is 9.27. The quantitative estimate of drug-likeness (QED) is 0.703. The third kappa shape index (κ3) is 4.57. The second-order valence-electron chi connectivity index (χ2n) is 6.39. The van der Waals surface area contributed by atoms with Crippen molar-refractivity contribution in [3.63, 3.8) is 0 Å². The molecular formula is C19H24F3NO5. The van der Waals surface area contributed by atoms with Gasteiger partial charge in [-0.2, -0.15) is 13.2 Å². The smallest absolute Gasteiger partial charge is 0.432 e. The highest BCUT2D eigenvalue weighted by molar-refractivity contribution is 5.82. The number of amides is 1. The van der Waals surface area contributed by atoms with Gasteiger partial charge < -0.3 is 19.1 Å². The third-order valence-corrected chi connectivity index (χ3v) is 4.65. The number of methoxy groups -OCH3 is 1. The van der Waals surface area contributed by atoms with E-state index >= 15 is 0 Å². The molecule has 6 nitrogen and oxygen atoms in total. The van der Waals surface area contributed by atoms with Gasteiger partial charge >= 0.3 is 18.2 Å². The Balaban J connectivity index is 2.17. The highest BCUT2D eigenvalue weighted by Crippen LogP contribution is 2.43. The Bertz CT molecular complexity index is 667. The lowest BCUT2D eigenvalue weighted by atomic mass is 9.92. The molecule has 0 spiro atoms. The van der Waals surface area contributed by atoms with E-state index in [1.165, 1.54) is 29.2 Å². The molecule has 28 heavy (non-hydrogen) atoms. The first kappa shape index (κ1) is 22.0. The molecule has 0 aliphatic carbocycles. The number of halogens is 3. The van der Waals surface area contributed by atoms with Gasteiger partial charge in [-0.1, -0.05) is 30.3 Å². The highest BCUT2D eigenvalue weighted by atomic mass is 19.4. The number of carbonyl (C=O) groups is 2. The zero-order chi connectivity index (χ0) is 20.8. The molecule has 156 valence electrons. The molecule has 0 N–H and O–H groups in total. The van der Waals surface area contributed by atoms with Crippen molar-refractivity contribution in [1.82, 2.24) is 4.90 Å². The van der Waals surface area contributed by atoms with Gasteiger partial charge in [0.25, 0.3) is 5.60 Å². The Morgan fingerprint density at radius 1 is 1.14 bits per heavy atom. The van der Waals surface area contributed by atoms with E-state index in [1.54, 1.807) is 13.0 Å². The number of hydrogen-bond acceptors (Lipinski definition) is 5. The van der Waals surface area contributed by atoms with Crippen molar-refractivity contribution in [2.75, 3.05) is 26.8 Å². The number of ether oxygens (including phenoxy) is 3. The number of likely N-dealkylation sites (tertiary alicyclic amines) is 1. The zero-order valence-corrected chi connectivity index (χ0v) is 15.8. The standard InChI is InChI=1S/C19H24F3NO5/c1-3-27-17(25)23-12-7-10-15(11-13-23)28-16(24)18(26-2,19(20,21)22)14-8-5-4-6-9-14/h4-6,8-9,15H,3,7,10-13H2,1-2H3/t15?,18-/m0/s1. The fourth-order valence-electron chi connectivity index (χ4n) is 3.20. The van der Waals surface area contributed by atoms with Gasteiger partial charge in [-0.15, -0.1) is 0 Å². The topological polar surface area (TPSA) is 65.1 Å². The van der Waals surface area contributed by atoms with Crippen molar-refractivity contribution in [1.29, 1.82) is 0 Å². The third-order valence-electron chi connectivity index (χ3n) is 4.65. The van der Waals surface area contributed by atoms with Gasteiger partial charge in [0.15, 0.2) is 0 Å². The van der Waals surface area contributed by atoms with E-state index in [2.05, 4.69) is 0 Å². The van der Waals surface area contributed by atoms with Crippen LogP contribution in [0.3, 0.4) is 0 Å². The Hall–Kier alpha value is -2.29. The van der Waals surface area contributed by atoms with Crippen LogP contribution in [0.15, 0.2) is 30.3 Å². The lowest BCUT2D eigenvalue weighted by molar-refractivity contribution is -0.278. The largest absolute Gasteiger partial charge is 0.460 e. The van der Waals surface area contributed by atoms with Crippen LogP contribution in [0.5, 0.6) is 0 Å². The summed E-state index contributed by atoms with van der Waals surface area (Å²) < 4.78 is 56.6. The van der Waals surface area contributed by atoms with Crippen LogP contribution in [-0.4, -0.2) is 56.0 Å². The fourth-order valence-corrected chi connectivity index (χ4v) is 3.20. The first-order chi connectivity index (χ1) is 13.3. The summed E-state index contributed by atoms with van der Waals surface area (Å²) in [6.45, 7) is 2.53. The zero-order valence-electron chi connectivity index (χ0n) is 15.8. The van der Waals surface area contributed by atoms with E-state index < -0.39 is 29.9 Å². The molecule has 1 fully saturated rings. The molecule has 1 heterocycles. The van der Waals surface area contributed by atoms with Crippen LogP contribution in [0.2, 0.25) is 0 Å². The molecule has 0 saturated carbocycles. The molecular weight excluding hydrogens is 379 g/mol. The number of rotatable bonds is 5. The normalized spacial score (nSPS) is 20.0. The SMILES string of the molecule is CCOC(=O)N1CCCC(OC(=O)[C@@](OC)(c2ccccc2)C(F)(F)F)CC1. The number of carbonyl (C=O) groups excluding carboxylic acids is 2. The Kier molecular flexibility index (Phi) is 7.29. The summed E-state index contributed by atoms with van der Waals surface area (Å²) in [5.41, 5.74) is -3.56. The maximum atomic E-state index is 13.9. The van der Waals surface area contributed by atoms with Gasteiger partial charge in [-0.05, 0) is 19.8 Å². The van der Waals surface area contributed by atoms with Gasteiger partial charge in [0.1, 0.15) is 6.10 Å². The molecule has 0 bridgehead atoms. The Labute approximate surface area is 161 Å². The molecule has 0 aromatic heterocycles. The van der Waals surface area contributed by atoms with E-state index in [0.717, 1.165) is 7.11 Å². The van der Waals surface area contributed by atoms with Crippen LogP contribution < -0.4 is 0 Å². The molecule has 9 heteroatoms. The van der Waals surface area contributed by atoms with Crippen molar-refractivity contribution in [3.8, 4) is 0 Å². The number of benzene rings is 1. The minimum Gasteiger partial charge on any atom is -0.460 e. The first-order valence-electron chi connectivity index (χ1n) is 9.06. The first-order valence-corrected chi connectivity index (χ1v) is 9.06. The van der Waals surface area contributed by atoms with Crippen LogP contribution in [0.4, 0.5) is 18.0 Å². The van der Waals surface area contributed by atoms with Crippen LogP contribution in [0.25, 0.3) is 0 Å². The predicted octanol–water partition coefficient (Wildman–Crippen LogP) is 3.64. The summed E-state index contributed by atoms with van der Waals surface area (Å²) in [5.74, 6) is -1.51. The maximum Gasteiger partial charge on any atom is 0.432 e. The van der Waals surface area contributed by atoms with E-state index in [0.29, 0.717) is 19.4 Å². The van der Waals surface area contributed by atoms with Gasteiger partial charge in [-0.3, -0.25) is 0 Å². The predicted molar refractivity (Wildman–Crippen MR) is 93.5 cm³/mol. The lowest BCUT2D eigenvalue weighted by Gasteiger charge is -2.33. The molecule has 1 aliphatic rings. The maximum absolute atomic E-state index is 13.9. The molecule has 1 aromatic rings. The van der Waals surface area contributed by atoms with Crippen LogP contribution in [0, 0.1) is 0 Å². The minimum absolute atomic E-state index is 0.219. The fraction of sp³-hybridized carbons (Fsp3) is 0.579. The average molecular weight is 403 g/mol. The average Bonchev–Trinajstić information content (AvgIpc) is 2.88. The summed E-state index contributed by atoms with van der Waals surface area (Å²) in [4.78, 5) is 26.0. The minimum atomic E-state index is -5.01. The van der Waals surface area contributed by atoms with Crippen LogP contribution in [0.1, 0.15) is 31.7 Å². The molecule has 1 amide bonds. The number of nitrogens with zero attached hydrogens (tertiary/aromatic N) is 1. The molecule has 1 aliphatic heterocycles. The van der Waals surface area contributed by atoms with Crippen molar-refractivity contribution >= 4 is 12.1 Å². The van der Waals surface area contributed by atoms with Crippen molar-refractivity contribution in [2.45, 2.75) is 44.1 Å². The number of esters is 1. The summed E-state index contributed by atoms with van der Waals surface area (Å²) >= 11 is 0. The van der Waals surface area contributed by atoms with Gasteiger partial charge in [0.2, 0.25) is 0 Å². The van der Waals surface area contributed by atoms with Crippen molar-refractivity contribution in [3.05, 3.63) is 35.9 Å². The molecule has 2 rings (SSSR count). The molecule has 2 atom stereocenters. The Morgan fingerprint density at radius 3 is 2.39 bits per heavy atom. The summed E-state index contributed by atoms with van der Waals surface area (Å²) in [6, 6.07) is 6.68. The van der Waals surface area contributed by atoms with Crippen LogP contribution >= 0.6 is 0 Å². The van der Waals surface area contributed by atoms with Gasteiger partial charge in [-0.25, -0.2) is 9.59 Å². The summed E-state index contributed by atoms with van der Waals surface area (Å²) in [7, 11) is 0.831. The van der Waals surface area contributed by atoms with E-state index in [9.17, 15) is 22.8 Å². The molecule has 1 unspecified atom stereocenters. The van der Waals surface area contributed by atoms with E-state index in [1.807, 2.05) is 0 Å². The van der Waals surface area contributed by atoms with Gasteiger partial charge in [0.05, 0.1) is 6.61 Å². The highest BCUT2D eigenvalue weighted by Gasteiger charge is 2.64. The van der Waals surface area contributed by atoms with E-state index in [4.69, 9.17) is 14.2 Å². The van der Waals surface area contributed by atoms with Crippen molar-refractivity contribution in [2.24, 2.45) is 0 Å². The lowest BCUT2D eigenvalue weighted by Crippen LogP contribution is -2.52. The van der Waals surface area contributed by atoms with Crippen molar-refractivity contribution < 1.29 is 37.0 Å². The summed E-state index contributed by atoms with van der Waals surface area (Å²) in [6.07, 6.45) is -5.21.